The van der Waals surface area contributed by atoms with Crippen LogP contribution in [0.3, 0.4) is 0 Å². The summed E-state index contributed by atoms with van der Waals surface area (Å²) in [7, 11) is 0. The highest BCUT2D eigenvalue weighted by Crippen LogP contribution is 2.12. The zero-order chi connectivity index (χ0) is 18.0. The van der Waals surface area contributed by atoms with Gasteiger partial charge < -0.3 is 9.47 Å². The van der Waals surface area contributed by atoms with Crippen LogP contribution in [-0.4, -0.2) is 25.2 Å². The molecule has 140 valence electrons. The zero-order valence-electron chi connectivity index (χ0n) is 15.9. The van der Waals surface area contributed by atoms with Crippen molar-refractivity contribution in [3.05, 3.63) is 12.2 Å². The molecular weight excluding hydrogens is 304 g/mol. The van der Waals surface area contributed by atoms with E-state index in [0.717, 1.165) is 50.7 Å². The van der Waals surface area contributed by atoms with Gasteiger partial charge in [-0.15, -0.1) is 0 Å². The third-order valence-corrected chi connectivity index (χ3v) is 4.10. The quantitative estimate of drug-likeness (QED) is 0.233. The highest BCUT2D eigenvalue weighted by molar-refractivity contribution is 5.91. The summed E-state index contributed by atoms with van der Waals surface area (Å²) in [6, 6.07) is 0. The lowest BCUT2D eigenvalue weighted by Gasteiger charge is -2.13. The van der Waals surface area contributed by atoms with Gasteiger partial charge in [-0.25, -0.2) is 9.59 Å². The highest BCUT2D eigenvalue weighted by Gasteiger charge is 2.08. The molecule has 0 saturated heterocycles. The molecule has 0 bridgehead atoms. The fourth-order valence-electron chi connectivity index (χ4n) is 2.39. The SMILES string of the molecule is CCCCCCCCOC(=O)/C=C/C(=O)OCC(CC)CCCC. The van der Waals surface area contributed by atoms with Crippen molar-refractivity contribution in [3.63, 3.8) is 0 Å². The van der Waals surface area contributed by atoms with Gasteiger partial charge in [0.2, 0.25) is 0 Å². The fourth-order valence-corrected chi connectivity index (χ4v) is 2.39. The molecule has 0 aliphatic carbocycles. The third kappa shape index (κ3) is 14.3. The first kappa shape index (κ1) is 22.7. The van der Waals surface area contributed by atoms with Crippen LogP contribution in [0.1, 0.15) is 85.0 Å². The van der Waals surface area contributed by atoms with Crippen LogP contribution in [0.2, 0.25) is 0 Å². The molecule has 0 amide bonds. The lowest BCUT2D eigenvalue weighted by Crippen LogP contribution is -2.12. The summed E-state index contributed by atoms with van der Waals surface area (Å²) in [5.74, 6) is -0.540. The molecule has 4 heteroatoms. The molecule has 0 aliphatic rings. The molecule has 0 aromatic rings. The summed E-state index contributed by atoms with van der Waals surface area (Å²) in [6.07, 6.45) is 13.6. The van der Waals surface area contributed by atoms with Crippen LogP contribution < -0.4 is 0 Å². The standard InChI is InChI=1S/C20H36O4/c1-4-7-9-10-11-12-16-23-19(21)14-15-20(22)24-17-18(6-3)13-8-5-2/h14-15,18H,4-13,16-17H2,1-3H3/b15-14+. The van der Waals surface area contributed by atoms with Gasteiger partial charge in [0.25, 0.3) is 0 Å². The van der Waals surface area contributed by atoms with Crippen LogP contribution in [0.5, 0.6) is 0 Å². The van der Waals surface area contributed by atoms with Gasteiger partial charge in [0.05, 0.1) is 13.2 Å². The maximum Gasteiger partial charge on any atom is 0.331 e. The smallest absolute Gasteiger partial charge is 0.331 e. The first-order chi connectivity index (χ1) is 11.6. The van der Waals surface area contributed by atoms with E-state index in [1.807, 2.05) is 0 Å². The van der Waals surface area contributed by atoms with Crippen molar-refractivity contribution in [2.24, 2.45) is 5.92 Å². The molecule has 1 atom stereocenters. The van der Waals surface area contributed by atoms with E-state index >= 15 is 0 Å². The van der Waals surface area contributed by atoms with E-state index in [4.69, 9.17) is 9.47 Å². The third-order valence-electron chi connectivity index (χ3n) is 4.10. The lowest BCUT2D eigenvalue weighted by molar-refractivity contribution is -0.141. The Labute approximate surface area is 148 Å². The molecule has 0 radical (unpaired) electrons. The molecule has 0 saturated carbocycles. The normalized spacial score (nSPS) is 12.3. The average Bonchev–Trinajstić information content (AvgIpc) is 2.59. The van der Waals surface area contributed by atoms with E-state index in [9.17, 15) is 9.59 Å². The predicted molar refractivity (Wildman–Crippen MR) is 97.7 cm³/mol. The number of ether oxygens (including phenoxy) is 2. The highest BCUT2D eigenvalue weighted by atomic mass is 16.5. The number of esters is 2. The summed E-state index contributed by atoms with van der Waals surface area (Å²) in [5.41, 5.74) is 0. The Morgan fingerprint density at radius 3 is 2.00 bits per heavy atom. The summed E-state index contributed by atoms with van der Waals surface area (Å²) in [5, 5.41) is 0. The Kier molecular flexibility index (Phi) is 15.6. The minimum Gasteiger partial charge on any atom is -0.463 e. The maximum absolute atomic E-state index is 11.6. The molecule has 0 fully saturated rings. The van der Waals surface area contributed by atoms with E-state index in [2.05, 4.69) is 20.8 Å². The van der Waals surface area contributed by atoms with Crippen LogP contribution in [0.25, 0.3) is 0 Å². The topological polar surface area (TPSA) is 52.6 Å². The Balaban J connectivity index is 3.74. The molecular formula is C20H36O4. The second-order valence-corrected chi connectivity index (χ2v) is 6.32. The van der Waals surface area contributed by atoms with Gasteiger partial charge >= 0.3 is 11.9 Å². The first-order valence-corrected chi connectivity index (χ1v) is 9.65. The minimum absolute atomic E-state index is 0.405. The van der Waals surface area contributed by atoms with Crippen molar-refractivity contribution in [3.8, 4) is 0 Å². The fraction of sp³-hybridized carbons (Fsp3) is 0.800. The van der Waals surface area contributed by atoms with Crippen molar-refractivity contribution in [1.29, 1.82) is 0 Å². The van der Waals surface area contributed by atoms with Crippen LogP contribution in [0.4, 0.5) is 0 Å². The first-order valence-electron chi connectivity index (χ1n) is 9.65. The number of rotatable bonds is 15. The minimum atomic E-state index is -0.474. The van der Waals surface area contributed by atoms with E-state index in [-0.39, 0.29) is 0 Å². The molecule has 0 aliphatic heterocycles. The van der Waals surface area contributed by atoms with E-state index in [0.29, 0.717) is 19.1 Å². The van der Waals surface area contributed by atoms with E-state index in [1.54, 1.807) is 0 Å². The van der Waals surface area contributed by atoms with Crippen molar-refractivity contribution in [2.45, 2.75) is 85.0 Å². The Hall–Kier alpha value is -1.32. The van der Waals surface area contributed by atoms with Crippen LogP contribution in [0.15, 0.2) is 12.2 Å². The number of unbranched alkanes of at least 4 members (excludes halogenated alkanes) is 6. The van der Waals surface area contributed by atoms with Crippen LogP contribution in [-0.2, 0) is 19.1 Å². The Bertz CT molecular complexity index is 350. The van der Waals surface area contributed by atoms with Gasteiger partial charge in [-0.2, -0.15) is 0 Å². The Morgan fingerprint density at radius 1 is 0.792 bits per heavy atom. The largest absolute Gasteiger partial charge is 0.463 e. The van der Waals surface area contributed by atoms with Gasteiger partial charge in [0.1, 0.15) is 0 Å². The van der Waals surface area contributed by atoms with Crippen molar-refractivity contribution in [2.75, 3.05) is 13.2 Å². The van der Waals surface area contributed by atoms with Gasteiger partial charge in [0.15, 0.2) is 0 Å². The van der Waals surface area contributed by atoms with Crippen LogP contribution in [0, 0.1) is 5.92 Å². The molecule has 0 aromatic heterocycles. The van der Waals surface area contributed by atoms with Crippen LogP contribution >= 0.6 is 0 Å². The Morgan fingerprint density at radius 2 is 1.38 bits per heavy atom. The summed E-state index contributed by atoms with van der Waals surface area (Å²) >= 11 is 0. The molecule has 0 N–H and O–H groups in total. The summed E-state index contributed by atoms with van der Waals surface area (Å²) in [6.45, 7) is 7.28. The van der Waals surface area contributed by atoms with E-state index < -0.39 is 11.9 Å². The molecule has 0 rings (SSSR count). The van der Waals surface area contributed by atoms with Gasteiger partial charge in [-0.3, -0.25) is 0 Å². The van der Waals surface area contributed by atoms with Gasteiger partial charge in [-0.05, 0) is 18.8 Å². The number of carbonyl (C=O) groups excluding carboxylic acids is 2. The number of carbonyl (C=O) groups is 2. The maximum atomic E-state index is 11.6. The predicted octanol–water partition coefficient (Wildman–Crippen LogP) is 5.21. The number of hydrogen-bond donors (Lipinski definition) is 0. The molecule has 1 unspecified atom stereocenters. The second-order valence-electron chi connectivity index (χ2n) is 6.32. The molecule has 4 nitrogen and oxygen atoms in total. The lowest BCUT2D eigenvalue weighted by atomic mass is 10.0. The zero-order valence-corrected chi connectivity index (χ0v) is 15.9. The van der Waals surface area contributed by atoms with Crippen molar-refractivity contribution in [1.82, 2.24) is 0 Å². The molecule has 0 heterocycles. The average molecular weight is 341 g/mol. The van der Waals surface area contributed by atoms with E-state index in [1.165, 1.54) is 25.7 Å². The van der Waals surface area contributed by atoms with Crippen molar-refractivity contribution < 1.29 is 19.1 Å². The second kappa shape index (κ2) is 16.5. The number of hydrogen-bond acceptors (Lipinski definition) is 4. The molecule has 0 spiro atoms. The summed E-state index contributed by atoms with van der Waals surface area (Å²) in [4.78, 5) is 23.1. The van der Waals surface area contributed by atoms with Crippen molar-refractivity contribution >= 4 is 11.9 Å². The van der Waals surface area contributed by atoms with Gasteiger partial charge in [-0.1, -0.05) is 72.1 Å². The molecule has 0 aromatic carbocycles. The van der Waals surface area contributed by atoms with Gasteiger partial charge in [0, 0.05) is 12.2 Å². The summed E-state index contributed by atoms with van der Waals surface area (Å²) < 4.78 is 10.3. The molecule has 24 heavy (non-hydrogen) atoms. The monoisotopic (exact) mass is 340 g/mol.